The van der Waals surface area contributed by atoms with E-state index in [-0.39, 0.29) is 5.41 Å². The lowest BCUT2D eigenvalue weighted by atomic mass is 9.87. The second-order valence-electron chi connectivity index (χ2n) is 5.79. The maximum Gasteiger partial charge on any atom is 0.354 e. The third-order valence-electron chi connectivity index (χ3n) is 3.01. The normalized spacial score (nSPS) is 11.6. The summed E-state index contributed by atoms with van der Waals surface area (Å²) in [6.45, 7) is 6.47. The highest BCUT2D eigenvalue weighted by Gasteiger charge is 2.12. The van der Waals surface area contributed by atoms with E-state index in [2.05, 4.69) is 25.8 Å². The van der Waals surface area contributed by atoms with E-state index in [0.717, 1.165) is 5.69 Å². The van der Waals surface area contributed by atoms with Crippen molar-refractivity contribution in [1.29, 1.82) is 0 Å². The summed E-state index contributed by atoms with van der Waals surface area (Å²) in [6, 6.07) is 16.8. The summed E-state index contributed by atoms with van der Waals surface area (Å²) >= 11 is 0. The molecule has 0 saturated carbocycles. The van der Waals surface area contributed by atoms with Crippen molar-refractivity contribution >= 4 is 17.9 Å². The molecule has 0 radical (unpaired) electrons. The van der Waals surface area contributed by atoms with Gasteiger partial charge in [-0.15, -0.1) is 0 Å². The molecule has 0 amide bonds. The number of carbonyl (C=O) groups excluding carboxylic acids is 1. The van der Waals surface area contributed by atoms with E-state index in [1.165, 1.54) is 11.8 Å². The highest BCUT2D eigenvalue weighted by Crippen LogP contribution is 2.24. The number of para-hydroxylation sites is 1. The lowest BCUT2D eigenvalue weighted by molar-refractivity contribution is -0.126. The predicted molar refractivity (Wildman–Crippen MR) is 85.4 cm³/mol. The largest absolute Gasteiger partial charge is 0.422 e. The fraction of sp³-hybridized carbons (Fsp3) is 0.222. The second kappa shape index (κ2) is 6.35. The van der Waals surface area contributed by atoms with Crippen LogP contribution in [0.4, 0.5) is 5.69 Å². The summed E-state index contributed by atoms with van der Waals surface area (Å²) in [6.07, 6.45) is 1.19. The molecule has 0 aliphatic rings. The summed E-state index contributed by atoms with van der Waals surface area (Å²) in [7, 11) is 0. The summed E-state index contributed by atoms with van der Waals surface area (Å²) in [5.74, 6) is 0.0260. The Labute approximate surface area is 125 Å². The van der Waals surface area contributed by atoms with Gasteiger partial charge in [0.2, 0.25) is 0 Å². The first-order chi connectivity index (χ1) is 9.95. The number of hydrogen-bond acceptors (Lipinski definition) is 3. The van der Waals surface area contributed by atoms with Crippen molar-refractivity contribution in [2.45, 2.75) is 26.2 Å². The number of hydrogen-bond donors (Lipinski definition) is 0. The molecular weight excluding hydrogens is 262 g/mol. The van der Waals surface area contributed by atoms with Crippen LogP contribution >= 0.6 is 0 Å². The third kappa shape index (κ3) is 4.56. The molecule has 0 aliphatic heterocycles. The minimum Gasteiger partial charge on any atom is -0.422 e. The van der Waals surface area contributed by atoms with Crippen LogP contribution in [0, 0.1) is 0 Å². The van der Waals surface area contributed by atoms with Gasteiger partial charge in [0.15, 0.2) is 0 Å². The van der Waals surface area contributed by atoms with Gasteiger partial charge in [0.25, 0.3) is 0 Å². The standard InChI is InChI=1S/C18H19NO2/c1-18(2,3)14-9-11-15(12-10-14)19-13-17(20)21-16-7-5-4-6-8-16/h4-13H,1-3H3. The van der Waals surface area contributed by atoms with Gasteiger partial charge >= 0.3 is 5.97 Å². The number of nitrogens with zero attached hydrogens (tertiary/aromatic N) is 1. The molecule has 0 saturated heterocycles. The van der Waals surface area contributed by atoms with Gasteiger partial charge in [-0.3, -0.25) is 0 Å². The van der Waals surface area contributed by atoms with Crippen LogP contribution in [0.3, 0.4) is 0 Å². The summed E-state index contributed by atoms with van der Waals surface area (Å²) < 4.78 is 5.13. The molecule has 0 bridgehead atoms. The fourth-order valence-electron chi connectivity index (χ4n) is 1.81. The van der Waals surface area contributed by atoms with E-state index in [1.54, 1.807) is 12.1 Å². The molecule has 21 heavy (non-hydrogen) atoms. The van der Waals surface area contributed by atoms with Gasteiger partial charge in [-0.05, 0) is 35.2 Å². The molecule has 0 spiro atoms. The molecule has 3 nitrogen and oxygen atoms in total. The Morgan fingerprint density at radius 2 is 1.62 bits per heavy atom. The number of esters is 1. The lowest BCUT2D eigenvalue weighted by Crippen LogP contribution is -2.10. The SMILES string of the molecule is CC(C)(C)c1ccc(N=CC(=O)Oc2ccccc2)cc1. The average molecular weight is 281 g/mol. The Kier molecular flexibility index (Phi) is 4.53. The van der Waals surface area contributed by atoms with Gasteiger partial charge in [-0.25, -0.2) is 9.79 Å². The molecule has 0 N–H and O–H groups in total. The highest BCUT2D eigenvalue weighted by atomic mass is 16.5. The molecule has 0 aliphatic carbocycles. The van der Waals surface area contributed by atoms with Crippen LogP contribution in [0.1, 0.15) is 26.3 Å². The summed E-state index contributed by atoms with van der Waals surface area (Å²) in [5, 5.41) is 0. The van der Waals surface area contributed by atoms with Gasteiger partial charge in [0.1, 0.15) is 12.0 Å². The van der Waals surface area contributed by atoms with Gasteiger partial charge in [-0.2, -0.15) is 0 Å². The van der Waals surface area contributed by atoms with Crippen LogP contribution in [-0.2, 0) is 10.2 Å². The van der Waals surface area contributed by atoms with Crippen molar-refractivity contribution in [2.75, 3.05) is 0 Å². The predicted octanol–water partition coefficient (Wildman–Crippen LogP) is 4.29. The molecule has 0 heterocycles. The van der Waals surface area contributed by atoms with Crippen LogP contribution < -0.4 is 4.74 Å². The molecule has 0 aromatic heterocycles. The topological polar surface area (TPSA) is 38.7 Å². The minimum absolute atomic E-state index is 0.106. The first-order valence-electron chi connectivity index (χ1n) is 6.86. The van der Waals surface area contributed by atoms with Gasteiger partial charge in [0, 0.05) is 0 Å². The van der Waals surface area contributed by atoms with Crippen molar-refractivity contribution in [3.8, 4) is 5.75 Å². The number of carbonyl (C=O) groups is 1. The summed E-state index contributed by atoms with van der Waals surface area (Å²) in [5.41, 5.74) is 2.07. The first kappa shape index (κ1) is 15.0. The molecule has 3 heteroatoms. The average Bonchev–Trinajstić information content (AvgIpc) is 2.46. The molecular formula is C18H19NO2. The Balaban J connectivity index is 1.99. The van der Waals surface area contributed by atoms with E-state index < -0.39 is 5.97 Å². The second-order valence-corrected chi connectivity index (χ2v) is 5.79. The van der Waals surface area contributed by atoms with Crippen LogP contribution in [0.2, 0.25) is 0 Å². The van der Waals surface area contributed by atoms with Crippen LogP contribution in [0.25, 0.3) is 0 Å². The quantitative estimate of drug-likeness (QED) is 0.478. The maximum absolute atomic E-state index is 11.6. The molecule has 0 atom stereocenters. The first-order valence-corrected chi connectivity index (χ1v) is 6.86. The Morgan fingerprint density at radius 3 is 2.19 bits per heavy atom. The number of aliphatic imine (C=N–C) groups is 1. The van der Waals surface area contributed by atoms with Crippen LogP contribution in [0.5, 0.6) is 5.75 Å². The molecule has 2 rings (SSSR count). The van der Waals surface area contributed by atoms with E-state index in [9.17, 15) is 4.79 Å². The number of benzene rings is 2. The van der Waals surface area contributed by atoms with E-state index in [0.29, 0.717) is 5.75 Å². The van der Waals surface area contributed by atoms with Gasteiger partial charge in [-0.1, -0.05) is 51.1 Å². The Hall–Kier alpha value is -2.42. The smallest absolute Gasteiger partial charge is 0.354 e. The Bertz CT molecular complexity index is 623. The fourth-order valence-corrected chi connectivity index (χ4v) is 1.81. The van der Waals surface area contributed by atoms with Crippen molar-refractivity contribution in [2.24, 2.45) is 4.99 Å². The zero-order valence-corrected chi connectivity index (χ0v) is 12.5. The van der Waals surface area contributed by atoms with Crippen molar-refractivity contribution in [1.82, 2.24) is 0 Å². The monoisotopic (exact) mass is 281 g/mol. The zero-order valence-electron chi connectivity index (χ0n) is 12.5. The van der Waals surface area contributed by atoms with Crippen LogP contribution in [-0.4, -0.2) is 12.2 Å². The molecule has 108 valence electrons. The van der Waals surface area contributed by atoms with E-state index in [1.807, 2.05) is 42.5 Å². The van der Waals surface area contributed by atoms with Gasteiger partial charge in [0.05, 0.1) is 5.69 Å². The van der Waals surface area contributed by atoms with Crippen molar-refractivity contribution in [3.63, 3.8) is 0 Å². The number of ether oxygens (including phenoxy) is 1. The molecule has 2 aromatic rings. The van der Waals surface area contributed by atoms with E-state index >= 15 is 0 Å². The lowest BCUT2D eigenvalue weighted by Gasteiger charge is -2.18. The Morgan fingerprint density at radius 1 is 1.00 bits per heavy atom. The summed E-state index contributed by atoms with van der Waals surface area (Å²) in [4.78, 5) is 15.8. The molecule has 2 aromatic carbocycles. The third-order valence-corrected chi connectivity index (χ3v) is 3.01. The number of rotatable bonds is 3. The minimum atomic E-state index is -0.485. The van der Waals surface area contributed by atoms with Crippen LogP contribution in [0.15, 0.2) is 59.6 Å². The molecule has 0 fully saturated rings. The van der Waals surface area contributed by atoms with Crippen molar-refractivity contribution < 1.29 is 9.53 Å². The van der Waals surface area contributed by atoms with E-state index in [4.69, 9.17) is 4.74 Å². The molecule has 0 unspecified atom stereocenters. The zero-order chi connectivity index (χ0) is 15.3. The maximum atomic E-state index is 11.6. The van der Waals surface area contributed by atoms with Crippen molar-refractivity contribution in [3.05, 3.63) is 60.2 Å². The highest BCUT2D eigenvalue weighted by molar-refractivity contribution is 6.24. The van der Waals surface area contributed by atoms with Gasteiger partial charge < -0.3 is 4.74 Å².